The Morgan fingerprint density at radius 1 is 0.950 bits per heavy atom. The van der Waals surface area contributed by atoms with Gasteiger partial charge in [-0.25, -0.2) is 0 Å². The van der Waals surface area contributed by atoms with E-state index in [9.17, 15) is 0 Å². The SMILES string of the molecule is CCCSP1(=S)Oc2ccccc2-c2ccccc2O1. The van der Waals surface area contributed by atoms with Crippen LogP contribution in [0.4, 0.5) is 0 Å². The van der Waals surface area contributed by atoms with Crippen molar-refractivity contribution in [3.63, 3.8) is 0 Å². The van der Waals surface area contributed by atoms with Crippen molar-refractivity contribution >= 4 is 28.9 Å². The van der Waals surface area contributed by atoms with Crippen LogP contribution in [-0.2, 0) is 11.8 Å². The number of hydrogen-bond donors (Lipinski definition) is 0. The molecule has 0 N–H and O–H groups in total. The maximum absolute atomic E-state index is 6.10. The molecule has 1 aliphatic heterocycles. The molecular formula is C15H15O2PS2. The van der Waals surface area contributed by atoms with Crippen molar-refractivity contribution in [2.75, 3.05) is 5.75 Å². The molecule has 5 heteroatoms. The molecule has 0 saturated carbocycles. The second-order valence-corrected chi connectivity index (χ2v) is 10.7. The molecule has 0 bridgehead atoms. The zero-order valence-electron chi connectivity index (χ0n) is 11.1. The van der Waals surface area contributed by atoms with Crippen LogP contribution in [0.2, 0.25) is 0 Å². The molecule has 0 unspecified atom stereocenters. The van der Waals surface area contributed by atoms with Crippen LogP contribution in [0.1, 0.15) is 13.3 Å². The van der Waals surface area contributed by atoms with E-state index in [1.54, 1.807) is 11.4 Å². The third kappa shape index (κ3) is 2.73. The Labute approximate surface area is 128 Å². The van der Waals surface area contributed by atoms with Crippen molar-refractivity contribution in [1.82, 2.24) is 0 Å². The maximum atomic E-state index is 6.10. The predicted molar refractivity (Wildman–Crippen MR) is 90.2 cm³/mol. The lowest BCUT2D eigenvalue weighted by atomic mass is 10.0. The van der Waals surface area contributed by atoms with Crippen molar-refractivity contribution in [1.29, 1.82) is 0 Å². The van der Waals surface area contributed by atoms with Crippen molar-refractivity contribution in [3.05, 3.63) is 48.5 Å². The molecule has 20 heavy (non-hydrogen) atoms. The highest BCUT2D eigenvalue weighted by atomic mass is 32.9. The second kappa shape index (κ2) is 5.80. The fraction of sp³-hybridized carbons (Fsp3) is 0.200. The molecule has 2 aromatic rings. The highest BCUT2D eigenvalue weighted by Crippen LogP contribution is 2.64. The van der Waals surface area contributed by atoms with Gasteiger partial charge in [-0.1, -0.05) is 43.3 Å². The quantitative estimate of drug-likeness (QED) is 0.695. The Bertz CT molecular complexity index is 621. The third-order valence-electron chi connectivity index (χ3n) is 2.94. The summed E-state index contributed by atoms with van der Waals surface area (Å²) in [5.74, 6) is 2.59. The van der Waals surface area contributed by atoms with E-state index >= 15 is 0 Å². The molecular weight excluding hydrogens is 307 g/mol. The van der Waals surface area contributed by atoms with Crippen molar-refractivity contribution < 1.29 is 9.05 Å². The lowest BCUT2D eigenvalue weighted by Crippen LogP contribution is -1.96. The van der Waals surface area contributed by atoms with E-state index in [4.69, 9.17) is 20.9 Å². The molecule has 1 aliphatic rings. The smallest absolute Gasteiger partial charge is 0.348 e. The average Bonchev–Trinajstić information content (AvgIpc) is 2.59. The van der Waals surface area contributed by atoms with Gasteiger partial charge in [-0.15, -0.1) is 0 Å². The van der Waals surface area contributed by atoms with E-state index in [0.717, 1.165) is 34.8 Å². The van der Waals surface area contributed by atoms with Gasteiger partial charge in [-0.05, 0) is 41.7 Å². The number of fused-ring (bicyclic) bond motifs is 3. The topological polar surface area (TPSA) is 18.5 Å². The summed E-state index contributed by atoms with van der Waals surface area (Å²) in [6.45, 7) is 2.13. The van der Waals surface area contributed by atoms with Crippen LogP contribution in [0, 0.1) is 0 Å². The lowest BCUT2D eigenvalue weighted by molar-refractivity contribution is 0.516. The van der Waals surface area contributed by atoms with Gasteiger partial charge in [0.2, 0.25) is 0 Å². The number of rotatable bonds is 3. The first-order chi connectivity index (χ1) is 9.72. The van der Waals surface area contributed by atoms with Gasteiger partial charge in [-0.3, -0.25) is 0 Å². The summed E-state index contributed by atoms with van der Waals surface area (Å²) < 4.78 is 12.2. The van der Waals surface area contributed by atoms with Crippen molar-refractivity contribution in [2.24, 2.45) is 0 Å². The maximum Gasteiger partial charge on any atom is 0.348 e. The van der Waals surface area contributed by atoms with Gasteiger partial charge in [0.05, 0.1) is 0 Å². The van der Waals surface area contributed by atoms with Gasteiger partial charge in [-0.2, -0.15) is 0 Å². The molecule has 0 aliphatic carbocycles. The summed E-state index contributed by atoms with van der Waals surface area (Å²) in [7, 11) is 0. The van der Waals surface area contributed by atoms with E-state index in [-0.39, 0.29) is 0 Å². The lowest BCUT2D eigenvalue weighted by Gasteiger charge is -2.20. The van der Waals surface area contributed by atoms with Crippen LogP contribution < -0.4 is 9.05 Å². The minimum atomic E-state index is -2.39. The van der Waals surface area contributed by atoms with Gasteiger partial charge < -0.3 is 9.05 Å². The molecule has 2 aromatic carbocycles. The largest absolute Gasteiger partial charge is 0.427 e. The number of benzene rings is 2. The minimum Gasteiger partial charge on any atom is -0.427 e. The number of para-hydroxylation sites is 2. The van der Waals surface area contributed by atoms with Crippen LogP contribution >= 0.6 is 17.1 Å². The molecule has 0 fully saturated rings. The summed E-state index contributed by atoms with van der Waals surface area (Å²) in [4.78, 5) is 0. The summed E-state index contributed by atoms with van der Waals surface area (Å²) >= 11 is 7.31. The predicted octanol–water partition coefficient (Wildman–Crippen LogP) is 5.49. The Balaban J connectivity index is 2.12. The van der Waals surface area contributed by atoms with E-state index in [1.807, 2.05) is 48.5 Å². The van der Waals surface area contributed by atoms with E-state index in [1.165, 1.54) is 0 Å². The Kier molecular flexibility index (Phi) is 4.06. The van der Waals surface area contributed by atoms with Crippen LogP contribution in [-0.4, -0.2) is 5.75 Å². The second-order valence-electron chi connectivity index (χ2n) is 4.46. The minimum absolute atomic E-state index is 0.824. The first-order valence-corrected chi connectivity index (χ1v) is 10.8. The first kappa shape index (κ1) is 14.0. The zero-order chi connectivity index (χ0) is 14.0. The molecule has 0 amide bonds. The molecule has 104 valence electrons. The fourth-order valence-corrected chi connectivity index (χ4v) is 6.57. The Morgan fingerprint density at radius 3 is 1.95 bits per heavy atom. The van der Waals surface area contributed by atoms with E-state index < -0.39 is 5.69 Å². The van der Waals surface area contributed by atoms with Crippen LogP contribution in [0.5, 0.6) is 11.5 Å². The summed E-state index contributed by atoms with van der Waals surface area (Å²) in [6, 6.07) is 16.0. The third-order valence-corrected chi connectivity index (χ3v) is 8.03. The average molecular weight is 322 g/mol. The van der Waals surface area contributed by atoms with Crippen molar-refractivity contribution in [3.8, 4) is 22.6 Å². The van der Waals surface area contributed by atoms with Crippen molar-refractivity contribution in [2.45, 2.75) is 13.3 Å². The molecule has 0 atom stereocenters. The fourth-order valence-electron chi connectivity index (χ4n) is 2.05. The van der Waals surface area contributed by atoms with Crippen LogP contribution in [0.3, 0.4) is 0 Å². The van der Waals surface area contributed by atoms with Gasteiger partial charge in [0.25, 0.3) is 0 Å². The highest BCUT2D eigenvalue weighted by Gasteiger charge is 2.29. The molecule has 1 heterocycles. The molecule has 3 rings (SSSR count). The Morgan fingerprint density at radius 2 is 1.45 bits per heavy atom. The number of hydrogen-bond acceptors (Lipinski definition) is 4. The van der Waals surface area contributed by atoms with E-state index in [0.29, 0.717) is 0 Å². The van der Waals surface area contributed by atoms with Gasteiger partial charge in [0.15, 0.2) is 0 Å². The molecule has 2 nitrogen and oxygen atoms in total. The molecule has 0 radical (unpaired) electrons. The Hall–Kier alpha value is -0.960. The summed E-state index contributed by atoms with van der Waals surface area (Å²) in [6.07, 6.45) is 1.05. The summed E-state index contributed by atoms with van der Waals surface area (Å²) in [5, 5.41) is 0. The highest BCUT2D eigenvalue weighted by molar-refractivity contribution is 8.68. The molecule has 0 saturated heterocycles. The van der Waals surface area contributed by atoms with E-state index in [2.05, 4.69) is 6.92 Å². The first-order valence-electron chi connectivity index (χ1n) is 6.54. The normalized spacial score (nSPS) is 15.2. The van der Waals surface area contributed by atoms with Gasteiger partial charge >= 0.3 is 5.69 Å². The van der Waals surface area contributed by atoms with Crippen LogP contribution in [0.15, 0.2) is 48.5 Å². The van der Waals surface area contributed by atoms with Gasteiger partial charge in [0.1, 0.15) is 11.5 Å². The van der Waals surface area contributed by atoms with Gasteiger partial charge in [0, 0.05) is 16.9 Å². The van der Waals surface area contributed by atoms with Crippen LogP contribution in [0.25, 0.3) is 11.1 Å². The molecule has 0 aromatic heterocycles. The summed E-state index contributed by atoms with van der Waals surface area (Å²) in [5.41, 5.74) is -0.292. The standard InChI is InChI=1S/C15H15O2PS2/c1-2-11-20-18(19)16-14-9-5-3-7-12(14)13-8-4-6-10-15(13)17-18/h3-10H,2,11H2,1H3. The monoisotopic (exact) mass is 322 g/mol. The molecule has 0 spiro atoms. The zero-order valence-corrected chi connectivity index (χ0v) is 13.6.